The van der Waals surface area contributed by atoms with Crippen molar-refractivity contribution in [2.45, 2.75) is 62.5 Å². The maximum Gasteiger partial charge on any atom is 0.229 e. The van der Waals surface area contributed by atoms with Crippen LogP contribution in [-0.4, -0.2) is 83.7 Å². The van der Waals surface area contributed by atoms with Gasteiger partial charge in [0.05, 0.1) is 32.8 Å². The molecule has 0 aromatic heterocycles. The van der Waals surface area contributed by atoms with Gasteiger partial charge in [-0.3, -0.25) is 0 Å². The van der Waals surface area contributed by atoms with E-state index < -0.39 is 36.8 Å². The van der Waals surface area contributed by atoms with Crippen molar-refractivity contribution < 1.29 is 49.2 Å². The van der Waals surface area contributed by atoms with E-state index in [0.717, 1.165) is 16.7 Å². The smallest absolute Gasteiger partial charge is 0.229 e. The summed E-state index contributed by atoms with van der Waals surface area (Å²) in [6, 6.07) is 8.98. The van der Waals surface area contributed by atoms with Gasteiger partial charge in [0.25, 0.3) is 0 Å². The maximum absolute atomic E-state index is 10.3. The monoisotopic (exact) mass is 506 g/mol. The molecule has 0 bridgehead atoms. The van der Waals surface area contributed by atoms with Crippen LogP contribution in [-0.2, 0) is 11.2 Å². The molecule has 2 heterocycles. The van der Waals surface area contributed by atoms with E-state index in [4.69, 9.17) is 23.7 Å². The van der Waals surface area contributed by atoms with Gasteiger partial charge in [0.15, 0.2) is 23.0 Å². The van der Waals surface area contributed by atoms with E-state index in [9.17, 15) is 25.5 Å². The van der Waals surface area contributed by atoms with E-state index in [1.165, 1.54) is 7.11 Å². The molecule has 0 unspecified atom stereocenters. The molecule has 0 saturated carbocycles. The minimum Gasteiger partial charge on any atom is -0.493 e. The zero-order valence-electron chi connectivity index (χ0n) is 20.5. The highest BCUT2D eigenvalue weighted by molar-refractivity contribution is 5.56. The molecule has 36 heavy (non-hydrogen) atoms. The van der Waals surface area contributed by atoms with Gasteiger partial charge in [-0.15, -0.1) is 0 Å². The van der Waals surface area contributed by atoms with E-state index in [0.29, 0.717) is 30.1 Å². The van der Waals surface area contributed by atoms with Crippen LogP contribution in [0.2, 0.25) is 0 Å². The average Bonchev–Trinajstić information content (AvgIpc) is 3.27. The molecule has 7 atom stereocenters. The Bertz CT molecular complexity index is 1040. The predicted molar refractivity (Wildman–Crippen MR) is 128 cm³/mol. The number of benzene rings is 2. The Kier molecular flexibility index (Phi) is 8.23. The molecule has 0 radical (unpaired) electrons. The summed E-state index contributed by atoms with van der Waals surface area (Å²) < 4.78 is 28.7. The second-order valence-corrected chi connectivity index (χ2v) is 9.08. The number of hydrogen-bond donors (Lipinski definition) is 5. The van der Waals surface area contributed by atoms with Gasteiger partial charge < -0.3 is 49.2 Å². The number of rotatable bonds is 9. The summed E-state index contributed by atoms with van der Waals surface area (Å²) >= 11 is 0. The molecule has 0 amide bonds. The zero-order chi connectivity index (χ0) is 26.0. The minimum atomic E-state index is -1.46. The molecule has 0 spiro atoms. The largest absolute Gasteiger partial charge is 0.493 e. The second-order valence-electron chi connectivity index (χ2n) is 9.08. The summed E-state index contributed by atoms with van der Waals surface area (Å²) in [5.74, 6) is 1.37. The summed E-state index contributed by atoms with van der Waals surface area (Å²) in [4.78, 5) is 0. The molecular weight excluding hydrogens is 472 g/mol. The first-order valence-electron chi connectivity index (χ1n) is 12.0. The van der Waals surface area contributed by atoms with Crippen molar-refractivity contribution in [1.29, 1.82) is 0 Å². The Morgan fingerprint density at radius 3 is 2.31 bits per heavy atom. The van der Waals surface area contributed by atoms with Crippen LogP contribution in [0.1, 0.15) is 42.1 Å². The Balaban J connectivity index is 1.60. The summed E-state index contributed by atoms with van der Waals surface area (Å²) in [6.45, 7) is 1.49. The topological polar surface area (TPSA) is 147 Å². The highest BCUT2D eigenvalue weighted by atomic mass is 16.7. The van der Waals surface area contributed by atoms with Gasteiger partial charge in [-0.05, 0) is 49.1 Å². The van der Waals surface area contributed by atoms with Gasteiger partial charge >= 0.3 is 0 Å². The maximum atomic E-state index is 10.3. The standard InChI is InChI=1S/C26H34O10/c1-13-21(29)22(30)23(31)26(34-13)35-18-7-6-15(11-19(18)32-2)24-17(12-28)16-9-14(5-4-8-27)10-20(33-3)25(16)36-24/h6-7,9-11,13,17,21-24,26-31H,4-5,8,12H2,1-3H3/t13-,17-,21-,22+,23+,24-,26-/m0/s1. The van der Waals surface area contributed by atoms with Crippen LogP contribution >= 0.6 is 0 Å². The Labute approximate surface area is 209 Å². The third-order valence-corrected chi connectivity index (χ3v) is 6.76. The first-order valence-corrected chi connectivity index (χ1v) is 12.0. The fourth-order valence-electron chi connectivity index (χ4n) is 4.72. The van der Waals surface area contributed by atoms with Gasteiger partial charge in [-0.2, -0.15) is 0 Å². The third kappa shape index (κ3) is 4.97. The van der Waals surface area contributed by atoms with Crippen molar-refractivity contribution in [3.8, 4) is 23.0 Å². The third-order valence-electron chi connectivity index (χ3n) is 6.76. The molecule has 10 nitrogen and oxygen atoms in total. The van der Waals surface area contributed by atoms with Gasteiger partial charge in [-0.1, -0.05) is 12.1 Å². The van der Waals surface area contributed by atoms with Crippen molar-refractivity contribution in [1.82, 2.24) is 0 Å². The molecule has 1 fully saturated rings. The van der Waals surface area contributed by atoms with Crippen molar-refractivity contribution in [2.24, 2.45) is 0 Å². The van der Waals surface area contributed by atoms with Crippen molar-refractivity contribution in [2.75, 3.05) is 27.4 Å². The van der Waals surface area contributed by atoms with Gasteiger partial charge in [0, 0.05) is 12.2 Å². The predicted octanol–water partition coefficient (Wildman–Crippen LogP) is 1.04. The van der Waals surface area contributed by atoms with Crippen molar-refractivity contribution in [3.63, 3.8) is 0 Å². The second kappa shape index (κ2) is 11.2. The van der Waals surface area contributed by atoms with Crippen LogP contribution in [0.3, 0.4) is 0 Å². The number of aliphatic hydroxyl groups is 5. The first-order chi connectivity index (χ1) is 17.3. The van der Waals surface area contributed by atoms with E-state index in [1.54, 1.807) is 32.2 Å². The van der Waals surface area contributed by atoms with Crippen molar-refractivity contribution in [3.05, 3.63) is 47.0 Å². The molecule has 1 saturated heterocycles. The van der Waals surface area contributed by atoms with Crippen LogP contribution in [0.15, 0.2) is 30.3 Å². The van der Waals surface area contributed by atoms with Crippen LogP contribution in [0.25, 0.3) is 0 Å². The van der Waals surface area contributed by atoms with Gasteiger partial charge in [0.1, 0.15) is 24.4 Å². The highest BCUT2D eigenvalue weighted by Crippen LogP contribution is 2.51. The molecule has 198 valence electrons. The summed E-state index contributed by atoms with van der Waals surface area (Å²) in [7, 11) is 3.03. The number of aryl methyl sites for hydroxylation is 1. The van der Waals surface area contributed by atoms with Gasteiger partial charge in [0.2, 0.25) is 6.29 Å². The molecule has 2 aromatic rings. The Morgan fingerprint density at radius 2 is 1.64 bits per heavy atom. The molecule has 2 aromatic carbocycles. The van der Waals surface area contributed by atoms with Crippen molar-refractivity contribution >= 4 is 0 Å². The van der Waals surface area contributed by atoms with Crippen LogP contribution in [0.5, 0.6) is 23.0 Å². The lowest BCUT2D eigenvalue weighted by Gasteiger charge is -2.39. The lowest BCUT2D eigenvalue weighted by atomic mass is 9.90. The van der Waals surface area contributed by atoms with Crippen LogP contribution < -0.4 is 18.9 Å². The number of fused-ring (bicyclic) bond motifs is 1. The molecule has 2 aliphatic rings. The van der Waals surface area contributed by atoms with E-state index in [-0.39, 0.29) is 24.9 Å². The lowest BCUT2D eigenvalue weighted by Crippen LogP contribution is -2.58. The molecular formula is C26H34O10. The average molecular weight is 507 g/mol. The minimum absolute atomic E-state index is 0.0809. The fourth-order valence-corrected chi connectivity index (χ4v) is 4.72. The molecule has 5 N–H and O–H groups in total. The Morgan fingerprint density at radius 1 is 0.889 bits per heavy atom. The van der Waals surface area contributed by atoms with Crippen LogP contribution in [0.4, 0.5) is 0 Å². The van der Waals surface area contributed by atoms with E-state index in [1.807, 2.05) is 12.1 Å². The summed E-state index contributed by atoms with van der Waals surface area (Å²) in [6.07, 6.45) is -5.31. The number of ether oxygens (including phenoxy) is 5. The zero-order valence-corrected chi connectivity index (χ0v) is 20.5. The molecule has 10 heteroatoms. The summed E-state index contributed by atoms with van der Waals surface area (Å²) in [5.41, 5.74) is 2.54. The normalized spacial score (nSPS) is 29.4. The number of hydrogen-bond acceptors (Lipinski definition) is 10. The number of methoxy groups -OCH3 is 2. The number of aliphatic hydroxyl groups excluding tert-OH is 5. The lowest BCUT2D eigenvalue weighted by molar-refractivity contribution is -0.268. The Hall–Kier alpha value is -2.60. The first kappa shape index (κ1) is 26.5. The summed E-state index contributed by atoms with van der Waals surface area (Å²) in [5, 5.41) is 49.8. The quantitative estimate of drug-likeness (QED) is 0.334. The molecule has 0 aliphatic carbocycles. The SMILES string of the molecule is COc1cc([C@@H]2Oc3c(OC)cc(CCCO)cc3[C@@H]2CO)ccc1O[C@@H]1O[C@@H](C)[C@H](O)[C@@H](O)[C@H]1O. The molecule has 2 aliphatic heterocycles. The van der Waals surface area contributed by atoms with E-state index in [2.05, 4.69) is 0 Å². The van der Waals surface area contributed by atoms with Crippen LogP contribution in [0, 0.1) is 0 Å². The highest BCUT2D eigenvalue weighted by Gasteiger charge is 2.43. The fraction of sp³-hybridized carbons (Fsp3) is 0.538. The van der Waals surface area contributed by atoms with Gasteiger partial charge in [-0.25, -0.2) is 0 Å². The van der Waals surface area contributed by atoms with E-state index >= 15 is 0 Å². The molecule has 4 rings (SSSR count).